The van der Waals surface area contributed by atoms with Gasteiger partial charge in [-0.25, -0.2) is 4.99 Å². The molecule has 1 heterocycles. The monoisotopic (exact) mass is 317 g/mol. The smallest absolute Gasteiger partial charge is 0.354 e. The fraction of sp³-hybridized carbons (Fsp3) is 0.176. The lowest BCUT2D eigenvalue weighted by atomic mass is 10.0. The van der Waals surface area contributed by atoms with E-state index >= 15 is 0 Å². The van der Waals surface area contributed by atoms with Crippen LogP contribution in [0, 0.1) is 5.41 Å². The molecule has 0 saturated heterocycles. The van der Waals surface area contributed by atoms with Gasteiger partial charge in [0.15, 0.2) is 0 Å². The maximum atomic E-state index is 12.9. The maximum absolute atomic E-state index is 12.9. The lowest BCUT2D eigenvalue weighted by molar-refractivity contribution is -0.119. The summed E-state index contributed by atoms with van der Waals surface area (Å²) < 4.78 is 38.6. The molecule has 0 aromatic heterocycles. The van der Waals surface area contributed by atoms with Crippen molar-refractivity contribution >= 4 is 17.2 Å². The molecule has 0 atom stereocenters. The van der Waals surface area contributed by atoms with Crippen LogP contribution in [0.4, 0.5) is 18.9 Å². The molecule has 1 N–H and O–H groups in total. The zero-order valence-electron chi connectivity index (χ0n) is 12.1. The van der Waals surface area contributed by atoms with E-state index in [0.717, 1.165) is 10.5 Å². The van der Waals surface area contributed by atoms with Crippen LogP contribution in [0.5, 0.6) is 0 Å². The second kappa shape index (κ2) is 5.87. The van der Waals surface area contributed by atoms with E-state index in [9.17, 15) is 13.2 Å². The van der Waals surface area contributed by atoms with Gasteiger partial charge in [0.1, 0.15) is 12.4 Å². The van der Waals surface area contributed by atoms with E-state index in [1.54, 1.807) is 24.3 Å². The average Bonchev–Trinajstić information content (AvgIpc) is 2.64. The predicted molar refractivity (Wildman–Crippen MR) is 84.5 cm³/mol. The lowest BCUT2D eigenvalue weighted by Crippen LogP contribution is -2.37. The summed E-state index contributed by atoms with van der Waals surface area (Å²) in [7, 11) is 0. The van der Waals surface area contributed by atoms with Crippen molar-refractivity contribution in [3.05, 3.63) is 65.7 Å². The quantitative estimate of drug-likeness (QED) is 0.897. The van der Waals surface area contributed by atoms with Gasteiger partial charge in [0.05, 0.1) is 12.3 Å². The normalized spacial score (nSPS) is 15.0. The summed E-state index contributed by atoms with van der Waals surface area (Å²) in [4.78, 5) is 5.41. The van der Waals surface area contributed by atoms with Crippen LogP contribution in [0.3, 0.4) is 0 Å². The molecule has 0 amide bonds. The van der Waals surface area contributed by atoms with Crippen molar-refractivity contribution in [3.63, 3.8) is 0 Å². The summed E-state index contributed by atoms with van der Waals surface area (Å²) in [6, 6.07) is 16.0. The number of halogens is 3. The van der Waals surface area contributed by atoms with Crippen molar-refractivity contribution in [3.8, 4) is 0 Å². The highest BCUT2D eigenvalue weighted by molar-refractivity contribution is 6.21. The summed E-state index contributed by atoms with van der Waals surface area (Å²) in [6.07, 6.45) is -4.34. The molecule has 23 heavy (non-hydrogen) atoms. The standard InChI is InChI=1S/C17H14F3N3/c18-17(19,20)11-23-10-15(21)22-16(12-6-2-1-3-7-12)13-8-4-5-9-14(13)23/h1-9,21H,10-11H2. The van der Waals surface area contributed by atoms with Crippen molar-refractivity contribution < 1.29 is 13.2 Å². The number of amidine groups is 1. The van der Waals surface area contributed by atoms with Crippen LogP contribution >= 0.6 is 0 Å². The van der Waals surface area contributed by atoms with E-state index in [4.69, 9.17) is 5.41 Å². The molecule has 0 spiro atoms. The molecule has 3 nitrogen and oxygen atoms in total. The Balaban J connectivity index is 2.12. The van der Waals surface area contributed by atoms with Gasteiger partial charge in [0.25, 0.3) is 0 Å². The summed E-state index contributed by atoms with van der Waals surface area (Å²) in [6.45, 7) is -1.28. The van der Waals surface area contributed by atoms with Gasteiger partial charge in [-0.05, 0) is 6.07 Å². The van der Waals surface area contributed by atoms with Crippen molar-refractivity contribution in [2.45, 2.75) is 6.18 Å². The van der Waals surface area contributed by atoms with Gasteiger partial charge < -0.3 is 4.90 Å². The van der Waals surface area contributed by atoms with Gasteiger partial charge in [0, 0.05) is 16.8 Å². The minimum Gasteiger partial charge on any atom is -0.354 e. The molecule has 3 rings (SSSR count). The van der Waals surface area contributed by atoms with Gasteiger partial charge >= 0.3 is 6.18 Å². The minimum absolute atomic E-state index is 0.0932. The number of aliphatic imine (C=N–C) groups is 1. The molecular formula is C17H14F3N3. The van der Waals surface area contributed by atoms with Gasteiger partial charge in [-0.3, -0.25) is 5.41 Å². The molecule has 118 valence electrons. The topological polar surface area (TPSA) is 39.5 Å². The van der Waals surface area contributed by atoms with Crippen LogP contribution in [0.1, 0.15) is 11.1 Å². The van der Waals surface area contributed by atoms with E-state index in [2.05, 4.69) is 4.99 Å². The number of fused-ring (bicyclic) bond motifs is 1. The lowest BCUT2D eigenvalue weighted by Gasteiger charge is -2.25. The third kappa shape index (κ3) is 3.41. The first-order chi connectivity index (χ1) is 10.9. The third-order valence-corrected chi connectivity index (χ3v) is 3.50. The Labute approximate surface area is 131 Å². The molecule has 2 aromatic carbocycles. The summed E-state index contributed by atoms with van der Waals surface area (Å²) >= 11 is 0. The zero-order chi connectivity index (χ0) is 16.4. The Hall–Kier alpha value is -2.63. The van der Waals surface area contributed by atoms with Crippen LogP contribution < -0.4 is 4.90 Å². The Morgan fingerprint density at radius 1 is 1.00 bits per heavy atom. The molecule has 1 aliphatic heterocycles. The van der Waals surface area contributed by atoms with Crippen LogP contribution in [0.25, 0.3) is 0 Å². The summed E-state index contributed by atoms with van der Waals surface area (Å²) in [5.41, 5.74) is 2.34. The number of benzodiazepines with no additional fused rings is 1. The van der Waals surface area contributed by atoms with Crippen LogP contribution in [0.2, 0.25) is 0 Å². The second-order valence-electron chi connectivity index (χ2n) is 5.26. The number of para-hydroxylation sites is 1. The number of hydrogen-bond donors (Lipinski definition) is 1. The first-order valence-corrected chi connectivity index (χ1v) is 7.07. The summed E-state index contributed by atoms with van der Waals surface area (Å²) in [5, 5.41) is 7.93. The average molecular weight is 317 g/mol. The molecule has 0 bridgehead atoms. The molecule has 0 unspecified atom stereocenters. The Morgan fingerprint density at radius 3 is 2.35 bits per heavy atom. The van der Waals surface area contributed by atoms with Crippen LogP contribution in [-0.2, 0) is 0 Å². The number of anilines is 1. The number of hydrogen-bond acceptors (Lipinski definition) is 2. The molecule has 2 aromatic rings. The molecular weight excluding hydrogens is 303 g/mol. The molecule has 0 saturated carbocycles. The van der Waals surface area contributed by atoms with E-state index < -0.39 is 12.7 Å². The highest BCUT2D eigenvalue weighted by Crippen LogP contribution is 2.29. The van der Waals surface area contributed by atoms with E-state index in [1.165, 1.54) is 0 Å². The largest absolute Gasteiger partial charge is 0.405 e. The molecule has 0 aliphatic carbocycles. The van der Waals surface area contributed by atoms with Gasteiger partial charge in [0.2, 0.25) is 0 Å². The van der Waals surface area contributed by atoms with Gasteiger partial charge in [-0.1, -0.05) is 48.5 Å². The molecule has 0 fully saturated rings. The molecule has 6 heteroatoms. The molecule has 1 aliphatic rings. The first-order valence-electron chi connectivity index (χ1n) is 7.07. The van der Waals surface area contributed by atoms with E-state index in [-0.39, 0.29) is 12.4 Å². The van der Waals surface area contributed by atoms with Crippen molar-refractivity contribution in [2.24, 2.45) is 4.99 Å². The van der Waals surface area contributed by atoms with E-state index in [0.29, 0.717) is 17.0 Å². The van der Waals surface area contributed by atoms with Crippen molar-refractivity contribution in [1.82, 2.24) is 0 Å². The van der Waals surface area contributed by atoms with Gasteiger partial charge in [-0.2, -0.15) is 13.2 Å². The van der Waals surface area contributed by atoms with Gasteiger partial charge in [-0.15, -0.1) is 0 Å². The number of alkyl halides is 3. The minimum atomic E-state index is -4.34. The maximum Gasteiger partial charge on any atom is 0.405 e. The Bertz CT molecular complexity index is 751. The van der Waals surface area contributed by atoms with E-state index in [1.807, 2.05) is 30.3 Å². The second-order valence-corrected chi connectivity index (χ2v) is 5.26. The highest BCUT2D eigenvalue weighted by atomic mass is 19.4. The Kier molecular flexibility index (Phi) is 3.90. The third-order valence-electron chi connectivity index (χ3n) is 3.50. The summed E-state index contributed by atoms with van der Waals surface area (Å²) in [5.74, 6) is -0.0932. The zero-order valence-corrected chi connectivity index (χ0v) is 12.1. The molecule has 0 radical (unpaired) electrons. The number of nitrogens with one attached hydrogen (secondary N) is 1. The number of rotatable bonds is 2. The fourth-order valence-corrected chi connectivity index (χ4v) is 2.62. The van der Waals surface area contributed by atoms with Crippen LogP contribution in [-0.4, -0.2) is 30.8 Å². The van der Waals surface area contributed by atoms with Crippen molar-refractivity contribution in [2.75, 3.05) is 18.0 Å². The number of benzene rings is 2. The SMILES string of the molecule is N=C1CN(CC(F)(F)F)c2ccccc2C(c2ccccc2)=N1. The van der Waals surface area contributed by atoms with Crippen LogP contribution in [0.15, 0.2) is 59.6 Å². The Morgan fingerprint density at radius 2 is 1.65 bits per heavy atom. The fourth-order valence-electron chi connectivity index (χ4n) is 2.62. The highest BCUT2D eigenvalue weighted by Gasteiger charge is 2.33. The van der Waals surface area contributed by atoms with Crippen molar-refractivity contribution in [1.29, 1.82) is 5.41 Å². The number of nitrogens with zero attached hydrogens (tertiary/aromatic N) is 2. The first kappa shape index (κ1) is 15.3. The predicted octanol–water partition coefficient (Wildman–Crippen LogP) is 3.88.